The number of nitrogens with zero attached hydrogens (tertiary/aromatic N) is 1. The molecular formula is C48H31NS. The molecule has 0 amide bonds. The van der Waals surface area contributed by atoms with Gasteiger partial charge in [0.25, 0.3) is 0 Å². The van der Waals surface area contributed by atoms with Gasteiger partial charge in [-0.15, -0.1) is 11.3 Å². The van der Waals surface area contributed by atoms with Crippen LogP contribution in [0.5, 0.6) is 0 Å². The summed E-state index contributed by atoms with van der Waals surface area (Å²) in [6.45, 7) is 0. The molecule has 0 radical (unpaired) electrons. The van der Waals surface area contributed by atoms with E-state index in [0.717, 1.165) is 17.1 Å². The Labute approximate surface area is 294 Å². The second kappa shape index (κ2) is 11.7. The van der Waals surface area contributed by atoms with Crippen molar-refractivity contribution in [1.29, 1.82) is 0 Å². The van der Waals surface area contributed by atoms with Gasteiger partial charge in [-0.2, -0.15) is 0 Å². The minimum atomic E-state index is 1.12. The molecule has 10 aromatic rings. The highest BCUT2D eigenvalue weighted by Gasteiger charge is 2.18. The molecule has 0 spiro atoms. The highest BCUT2D eigenvalue weighted by atomic mass is 32.1. The Morgan fingerprint density at radius 3 is 1.84 bits per heavy atom. The summed E-state index contributed by atoms with van der Waals surface area (Å²) in [7, 11) is 0. The summed E-state index contributed by atoms with van der Waals surface area (Å²) in [6.07, 6.45) is 0. The monoisotopic (exact) mass is 653 g/mol. The average molecular weight is 654 g/mol. The molecule has 0 aliphatic carbocycles. The summed E-state index contributed by atoms with van der Waals surface area (Å²) < 4.78 is 2.69. The molecule has 0 N–H and O–H groups in total. The maximum Gasteiger partial charge on any atom is 0.0540 e. The molecule has 1 nitrogen and oxygen atoms in total. The van der Waals surface area contributed by atoms with Gasteiger partial charge in [0.15, 0.2) is 0 Å². The van der Waals surface area contributed by atoms with Gasteiger partial charge in [0.2, 0.25) is 0 Å². The Morgan fingerprint density at radius 2 is 0.960 bits per heavy atom. The summed E-state index contributed by atoms with van der Waals surface area (Å²) in [5, 5.41) is 10.3. The van der Waals surface area contributed by atoms with Gasteiger partial charge in [0.05, 0.1) is 5.69 Å². The van der Waals surface area contributed by atoms with E-state index < -0.39 is 0 Å². The average Bonchev–Trinajstić information content (AvgIpc) is 3.58. The molecule has 0 aliphatic heterocycles. The van der Waals surface area contributed by atoms with Crippen LogP contribution < -0.4 is 4.90 Å². The highest BCUT2D eigenvalue weighted by molar-refractivity contribution is 7.26. The fourth-order valence-electron chi connectivity index (χ4n) is 7.57. The van der Waals surface area contributed by atoms with Gasteiger partial charge < -0.3 is 4.90 Å². The number of fused-ring (bicyclic) bond motifs is 8. The quantitative estimate of drug-likeness (QED) is 0.167. The predicted molar refractivity (Wildman–Crippen MR) is 217 cm³/mol. The molecule has 0 unspecified atom stereocenters. The molecule has 0 aliphatic rings. The van der Waals surface area contributed by atoms with E-state index in [1.807, 2.05) is 11.3 Å². The third-order valence-electron chi connectivity index (χ3n) is 10.0. The second-order valence-electron chi connectivity index (χ2n) is 12.9. The van der Waals surface area contributed by atoms with E-state index in [9.17, 15) is 0 Å². The first-order valence-corrected chi connectivity index (χ1v) is 17.9. The van der Waals surface area contributed by atoms with E-state index in [-0.39, 0.29) is 0 Å². The summed E-state index contributed by atoms with van der Waals surface area (Å²) in [6, 6.07) is 68.7. The fourth-order valence-corrected chi connectivity index (χ4v) is 8.80. The second-order valence-corrected chi connectivity index (χ2v) is 14.0. The van der Waals surface area contributed by atoms with E-state index in [4.69, 9.17) is 0 Å². The van der Waals surface area contributed by atoms with E-state index in [1.165, 1.54) is 74.7 Å². The molecule has 10 rings (SSSR count). The smallest absolute Gasteiger partial charge is 0.0540 e. The van der Waals surface area contributed by atoms with Crippen molar-refractivity contribution in [1.82, 2.24) is 0 Å². The molecule has 50 heavy (non-hydrogen) atoms. The first-order valence-electron chi connectivity index (χ1n) is 17.1. The standard InChI is InChI=1S/C48H31NS/c1-2-10-33(11-3-1)41-14-6-8-16-46(41)49(39-28-24-35-19-18-34-12-4-5-13-40(34)44(35)31-39)38-26-22-32(23-27-38)37-21-20-36-25-29-43-42-15-7-9-17-47(42)50-48(43)45(36)30-37/h1-31H. The maximum absolute atomic E-state index is 2.41. The number of hydrogen-bond acceptors (Lipinski definition) is 2. The number of rotatable bonds is 5. The van der Waals surface area contributed by atoms with Crippen LogP contribution in [0.4, 0.5) is 17.1 Å². The Kier molecular flexibility index (Phi) is 6.75. The van der Waals surface area contributed by atoms with Crippen molar-refractivity contribution in [3.8, 4) is 22.3 Å². The van der Waals surface area contributed by atoms with Crippen LogP contribution in [0.25, 0.3) is 74.7 Å². The molecule has 0 atom stereocenters. The largest absolute Gasteiger partial charge is 0.310 e. The molecular weight excluding hydrogens is 623 g/mol. The molecule has 9 aromatic carbocycles. The first kappa shape index (κ1) is 28.8. The molecule has 0 bridgehead atoms. The van der Waals surface area contributed by atoms with Crippen molar-refractivity contribution < 1.29 is 0 Å². The number of anilines is 3. The minimum Gasteiger partial charge on any atom is -0.310 e. The lowest BCUT2D eigenvalue weighted by Gasteiger charge is -2.28. The third-order valence-corrected chi connectivity index (χ3v) is 11.3. The lowest BCUT2D eigenvalue weighted by Crippen LogP contribution is -2.11. The van der Waals surface area contributed by atoms with Gasteiger partial charge in [-0.05, 0) is 86.1 Å². The summed E-state index contributed by atoms with van der Waals surface area (Å²) >= 11 is 1.89. The number of benzene rings is 9. The Bertz CT molecular complexity index is 2870. The van der Waals surface area contributed by atoms with Crippen molar-refractivity contribution in [2.75, 3.05) is 4.90 Å². The Balaban J connectivity index is 1.13. The van der Waals surface area contributed by atoms with Crippen molar-refractivity contribution in [3.05, 3.63) is 188 Å². The van der Waals surface area contributed by atoms with Gasteiger partial charge in [0.1, 0.15) is 0 Å². The van der Waals surface area contributed by atoms with Crippen LogP contribution in [0.1, 0.15) is 0 Å². The van der Waals surface area contributed by atoms with E-state index >= 15 is 0 Å². The lowest BCUT2D eigenvalue weighted by molar-refractivity contribution is 1.29. The van der Waals surface area contributed by atoms with Crippen LogP contribution in [0, 0.1) is 0 Å². The molecule has 1 heterocycles. The third kappa shape index (κ3) is 4.76. The SMILES string of the molecule is c1ccc(-c2ccccc2N(c2ccc(-c3ccc4ccc5c6ccccc6sc5c4c3)cc2)c2ccc3ccc4ccccc4c3c2)cc1. The minimum absolute atomic E-state index is 1.12. The Hall–Kier alpha value is -6.22. The van der Waals surface area contributed by atoms with Gasteiger partial charge in [-0.25, -0.2) is 0 Å². The van der Waals surface area contributed by atoms with Gasteiger partial charge in [-0.1, -0.05) is 146 Å². The van der Waals surface area contributed by atoms with Crippen LogP contribution in [0.15, 0.2) is 188 Å². The van der Waals surface area contributed by atoms with Gasteiger partial charge in [0, 0.05) is 42.5 Å². The summed E-state index contributed by atoms with van der Waals surface area (Å²) in [5.74, 6) is 0. The highest BCUT2D eigenvalue weighted by Crippen LogP contribution is 2.44. The van der Waals surface area contributed by atoms with Crippen LogP contribution in [-0.4, -0.2) is 0 Å². The van der Waals surface area contributed by atoms with Crippen LogP contribution in [-0.2, 0) is 0 Å². The number of thiophene rings is 1. The van der Waals surface area contributed by atoms with Crippen LogP contribution in [0.3, 0.4) is 0 Å². The maximum atomic E-state index is 2.41. The normalized spacial score (nSPS) is 11.6. The molecule has 0 saturated carbocycles. The molecule has 2 heteroatoms. The fraction of sp³-hybridized carbons (Fsp3) is 0. The van der Waals surface area contributed by atoms with Crippen molar-refractivity contribution in [3.63, 3.8) is 0 Å². The topological polar surface area (TPSA) is 3.24 Å². The molecule has 234 valence electrons. The van der Waals surface area contributed by atoms with Crippen LogP contribution >= 0.6 is 11.3 Å². The first-order chi connectivity index (χ1) is 24.8. The number of para-hydroxylation sites is 1. The zero-order chi connectivity index (χ0) is 33.0. The number of hydrogen-bond donors (Lipinski definition) is 0. The Morgan fingerprint density at radius 1 is 0.340 bits per heavy atom. The summed E-state index contributed by atoms with van der Waals surface area (Å²) in [4.78, 5) is 2.41. The van der Waals surface area contributed by atoms with E-state index in [0.29, 0.717) is 0 Å². The predicted octanol–water partition coefficient (Wildman–Crippen LogP) is 14.3. The van der Waals surface area contributed by atoms with Crippen LogP contribution in [0.2, 0.25) is 0 Å². The van der Waals surface area contributed by atoms with E-state index in [1.54, 1.807) is 0 Å². The van der Waals surface area contributed by atoms with Crippen molar-refractivity contribution in [2.24, 2.45) is 0 Å². The zero-order valence-electron chi connectivity index (χ0n) is 27.3. The zero-order valence-corrected chi connectivity index (χ0v) is 28.1. The van der Waals surface area contributed by atoms with Gasteiger partial charge >= 0.3 is 0 Å². The summed E-state index contributed by atoms with van der Waals surface area (Å²) in [5.41, 5.74) is 8.20. The van der Waals surface area contributed by atoms with Crippen molar-refractivity contribution >= 4 is 80.9 Å². The lowest BCUT2D eigenvalue weighted by atomic mass is 9.98. The van der Waals surface area contributed by atoms with Gasteiger partial charge in [-0.3, -0.25) is 0 Å². The molecule has 0 fully saturated rings. The van der Waals surface area contributed by atoms with Crippen molar-refractivity contribution in [2.45, 2.75) is 0 Å². The molecule has 1 aromatic heterocycles. The van der Waals surface area contributed by atoms with E-state index in [2.05, 4.69) is 193 Å². The molecule has 0 saturated heterocycles.